The molecule has 40 heavy (non-hydrogen) atoms. The Morgan fingerprint density at radius 1 is 0.925 bits per heavy atom. The lowest BCUT2D eigenvalue weighted by Gasteiger charge is -2.22. The first-order valence-corrected chi connectivity index (χ1v) is 14.5. The highest BCUT2D eigenvalue weighted by atomic mass is 32.2. The fourth-order valence-corrected chi connectivity index (χ4v) is 6.17. The molecule has 1 heterocycles. The van der Waals surface area contributed by atoms with Gasteiger partial charge in [0, 0.05) is 23.6 Å². The van der Waals surface area contributed by atoms with E-state index < -0.39 is 21.7 Å². The van der Waals surface area contributed by atoms with Crippen LogP contribution in [0.1, 0.15) is 19.8 Å². The average Bonchev–Trinajstić information content (AvgIpc) is 3.39. The van der Waals surface area contributed by atoms with Gasteiger partial charge < -0.3 is 5.32 Å². The molecule has 7 nitrogen and oxygen atoms in total. The Kier molecular flexibility index (Phi) is 8.04. The van der Waals surface area contributed by atoms with Crippen molar-refractivity contribution >= 4 is 32.5 Å². The topological polar surface area (TPSA) is 84.3 Å². The molecule has 0 atom stereocenters. The van der Waals surface area contributed by atoms with Gasteiger partial charge in [0.05, 0.1) is 22.8 Å². The molecular weight excluding hydrogens is 527 g/mol. The fraction of sp³-hybridized carbons (Fsp3) is 0.161. The van der Waals surface area contributed by atoms with Crippen LogP contribution in [0.5, 0.6) is 0 Å². The number of sulfonamides is 1. The lowest BCUT2D eigenvalue weighted by atomic mass is 10.1. The second-order valence-corrected chi connectivity index (χ2v) is 11.3. The predicted molar refractivity (Wildman–Crippen MR) is 155 cm³/mol. The molecule has 1 amide bonds. The van der Waals surface area contributed by atoms with Crippen LogP contribution in [0.2, 0.25) is 0 Å². The van der Waals surface area contributed by atoms with Crippen molar-refractivity contribution in [3.63, 3.8) is 0 Å². The third-order valence-corrected chi connectivity index (χ3v) is 8.47. The first-order chi connectivity index (χ1) is 19.4. The van der Waals surface area contributed by atoms with Gasteiger partial charge in [-0.1, -0.05) is 80.1 Å². The van der Waals surface area contributed by atoms with Gasteiger partial charge in [0.15, 0.2) is 0 Å². The number of hydrogen-bond acceptors (Lipinski definition) is 4. The minimum Gasteiger partial charge on any atom is -0.309 e. The van der Waals surface area contributed by atoms with Gasteiger partial charge in [-0.25, -0.2) is 17.5 Å². The number of amides is 1. The van der Waals surface area contributed by atoms with Crippen LogP contribution in [0.25, 0.3) is 27.7 Å². The highest BCUT2D eigenvalue weighted by molar-refractivity contribution is 7.89. The third kappa shape index (κ3) is 5.80. The zero-order valence-electron chi connectivity index (χ0n) is 22.0. The summed E-state index contributed by atoms with van der Waals surface area (Å²) in [6.07, 6.45) is 1.36. The van der Waals surface area contributed by atoms with Crippen molar-refractivity contribution in [1.29, 1.82) is 0 Å². The summed E-state index contributed by atoms with van der Waals surface area (Å²) in [7, 11) is -3.98. The molecule has 0 radical (unpaired) electrons. The molecule has 0 aliphatic heterocycles. The zero-order chi connectivity index (χ0) is 28.1. The molecule has 204 valence electrons. The van der Waals surface area contributed by atoms with Crippen molar-refractivity contribution in [2.75, 3.05) is 18.4 Å². The van der Waals surface area contributed by atoms with E-state index in [0.29, 0.717) is 29.0 Å². The maximum Gasteiger partial charge on any atom is 0.244 e. The normalized spacial score (nSPS) is 11.7. The second-order valence-electron chi connectivity index (χ2n) is 9.39. The Balaban J connectivity index is 1.47. The molecule has 5 rings (SSSR count). The molecule has 1 aromatic heterocycles. The number of aromatic nitrogens is 2. The first kappa shape index (κ1) is 27.2. The number of benzene rings is 4. The molecule has 0 aliphatic rings. The van der Waals surface area contributed by atoms with Crippen molar-refractivity contribution < 1.29 is 17.6 Å². The maximum atomic E-state index is 13.8. The van der Waals surface area contributed by atoms with Crippen LogP contribution in [-0.4, -0.2) is 41.5 Å². The van der Waals surface area contributed by atoms with E-state index in [1.165, 1.54) is 21.1 Å². The third-order valence-electron chi connectivity index (χ3n) is 6.57. The number of hydrogen-bond donors (Lipinski definition) is 1. The summed E-state index contributed by atoms with van der Waals surface area (Å²) < 4.78 is 44.0. The molecule has 0 saturated carbocycles. The summed E-state index contributed by atoms with van der Waals surface area (Å²) >= 11 is 0. The van der Waals surface area contributed by atoms with E-state index in [1.54, 1.807) is 42.5 Å². The molecule has 0 aliphatic carbocycles. The quantitative estimate of drug-likeness (QED) is 0.220. The lowest BCUT2D eigenvalue weighted by molar-refractivity contribution is -0.116. The van der Waals surface area contributed by atoms with Crippen molar-refractivity contribution in [3.8, 4) is 16.9 Å². The summed E-state index contributed by atoms with van der Waals surface area (Å²) in [5, 5.41) is 8.89. The molecule has 4 aromatic carbocycles. The minimum absolute atomic E-state index is 0.164. The number of rotatable bonds is 10. The Morgan fingerprint density at radius 3 is 2.38 bits per heavy atom. The SMILES string of the molecule is CCCCN(CC(=O)Nc1cc(-c2ccccc2)nn1-c1ccc(F)cc1)S(=O)(=O)c1cccc2ccccc12. The van der Waals surface area contributed by atoms with Crippen LogP contribution in [0.15, 0.2) is 108 Å². The van der Waals surface area contributed by atoms with Crippen molar-refractivity contribution in [3.05, 3.63) is 109 Å². The Labute approximate surface area is 232 Å². The zero-order valence-corrected chi connectivity index (χ0v) is 22.8. The molecule has 0 spiro atoms. The molecule has 5 aromatic rings. The van der Waals surface area contributed by atoms with Crippen LogP contribution in [-0.2, 0) is 14.8 Å². The molecule has 0 fully saturated rings. The van der Waals surface area contributed by atoms with E-state index in [9.17, 15) is 17.6 Å². The summed E-state index contributed by atoms with van der Waals surface area (Å²) in [5.41, 5.74) is 1.98. The highest BCUT2D eigenvalue weighted by Gasteiger charge is 2.28. The van der Waals surface area contributed by atoms with Crippen LogP contribution < -0.4 is 5.32 Å². The van der Waals surface area contributed by atoms with E-state index in [4.69, 9.17) is 0 Å². The predicted octanol–water partition coefficient (Wildman–Crippen LogP) is 6.26. The molecule has 0 saturated heterocycles. The highest BCUT2D eigenvalue weighted by Crippen LogP contribution is 2.27. The molecule has 1 N–H and O–H groups in total. The summed E-state index contributed by atoms with van der Waals surface area (Å²) in [6, 6.07) is 29.3. The monoisotopic (exact) mass is 556 g/mol. The average molecular weight is 557 g/mol. The van der Waals surface area contributed by atoms with Crippen LogP contribution >= 0.6 is 0 Å². The van der Waals surface area contributed by atoms with Crippen molar-refractivity contribution in [2.45, 2.75) is 24.7 Å². The Morgan fingerprint density at radius 2 is 1.62 bits per heavy atom. The van der Waals surface area contributed by atoms with E-state index in [0.717, 1.165) is 17.4 Å². The number of nitrogens with zero attached hydrogens (tertiary/aromatic N) is 3. The van der Waals surface area contributed by atoms with Gasteiger partial charge in [-0.15, -0.1) is 0 Å². The maximum absolute atomic E-state index is 13.8. The smallest absolute Gasteiger partial charge is 0.244 e. The van der Waals surface area contributed by atoms with Gasteiger partial charge in [0.2, 0.25) is 15.9 Å². The van der Waals surface area contributed by atoms with Crippen molar-refractivity contribution in [2.24, 2.45) is 0 Å². The minimum atomic E-state index is -3.98. The van der Waals surface area contributed by atoms with Gasteiger partial charge >= 0.3 is 0 Å². The summed E-state index contributed by atoms with van der Waals surface area (Å²) in [5.74, 6) is -0.564. The molecule has 0 unspecified atom stereocenters. The largest absolute Gasteiger partial charge is 0.309 e. The number of fused-ring (bicyclic) bond motifs is 1. The number of carbonyl (C=O) groups excluding carboxylic acids is 1. The molecule has 9 heteroatoms. The van der Waals surface area contributed by atoms with Crippen LogP contribution in [0.3, 0.4) is 0 Å². The van der Waals surface area contributed by atoms with Gasteiger partial charge in [0.25, 0.3) is 0 Å². The van der Waals surface area contributed by atoms with E-state index in [1.807, 2.05) is 55.5 Å². The van der Waals surface area contributed by atoms with Gasteiger partial charge in [0.1, 0.15) is 11.6 Å². The number of halogens is 1. The number of carbonyl (C=O) groups is 1. The van der Waals surface area contributed by atoms with Crippen LogP contribution in [0.4, 0.5) is 10.2 Å². The fourth-order valence-electron chi connectivity index (χ4n) is 4.52. The van der Waals surface area contributed by atoms with Crippen LogP contribution in [0, 0.1) is 5.82 Å². The van der Waals surface area contributed by atoms with Crippen molar-refractivity contribution in [1.82, 2.24) is 14.1 Å². The Bertz CT molecular complexity index is 1730. The lowest BCUT2D eigenvalue weighted by Crippen LogP contribution is -2.39. The number of unbranched alkanes of at least 4 members (excludes halogenated alkanes) is 1. The molecule has 0 bridgehead atoms. The summed E-state index contributed by atoms with van der Waals surface area (Å²) in [6.45, 7) is 1.79. The Hall–Kier alpha value is -4.34. The van der Waals surface area contributed by atoms with Gasteiger partial charge in [-0.3, -0.25) is 4.79 Å². The van der Waals surface area contributed by atoms with E-state index >= 15 is 0 Å². The molecular formula is C31H29FN4O3S. The standard InChI is InChI=1S/C31H29FN4O3S/c1-2-3-20-35(40(38,39)29-15-9-13-23-10-7-8-14-27(23)29)22-31(37)33-30-21-28(24-11-5-4-6-12-24)34-36(30)26-18-16-25(32)17-19-26/h4-19,21H,2-3,20,22H2,1H3,(H,33,37). The van der Waals surface area contributed by atoms with Gasteiger partial charge in [-0.05, 0) is 42.1 Å². The van der Waals surface area contributed by atoms with Gasteiger partial charge in [-0.2, -0.15) is 9.40 Å². The first-order valence-electron chi connectivity index (χ1n) is 13.1. The van der Waals surface area contributed by atoms with E-state index in [-0.39, 0.29) is 18.0 Å². The second kappa shape index (κ2) is 11.8. The van der Waals surface area contributed by atoms with E-state index in [2.05, 4.69) is 10.4 Å². The number of anilines is 1. The summed E-state index contributed by atoms with van der Waals surface area (Å²) in [4.78, 5) is 13.6. The number of nitrogens with one attached hydrogen (secondary N) is 1.